The highest BCUT2D eigenvalue weighted by molar-refractivity contribution is 5.88. The molecular weight excluding hydrogens is 577 g/mol. The summed E-state index contributed by atoms with van der Waals surface area (Å²) in [5, 5.41) is 10.7. The molecule has 2 aliphatic heterocycles. The lowest BCUT2D eigenvalue weighted by molar-refractivity contribution is -0.159. The van der Waals surface area contributed by atoms with Crippen LogP contribution >= 0.6 is 0 Å². The highest BCUT2D eigenvalue weighted by atomic mass is 19.4. The van der Waals surface area contributed by atoms with Crippen LogP contribution in [0.3, 0.4) is 0 Å². The molecule has 4 rings (SSSR count). The van der Waals surface area contributed by atoms with Crippen LogP contribution in [-0.4, -0.2) is 58.8 Å². The molecule has 0 radical (unpaired) electrons. The first kappa shape index (κ1) is 33.7. The number of carboxylic acids is 1. The Hall–Kier alpha value is -3.18. The summed E-state index contributed by atoms with van der Waals surface area (Å²) in [5.74, 6) is -2.09. The second-order valence-corrected chi connectivity index (χ2v) is 13.2. The first-order valence-electron chi connectivity index (χ1n) is 15.1. The fraction of sp³-hybridized carbons (Fsp3) is 0.606. The Labute approximate surface area is 256 Å². The summed E-state index contributed by atoms with van der Waals surface area (Å²) in [6.07, 6.45) is -2.88. The summed E-state index contributed by atoms with van der Waals surface area (Å²) in [7, 11) is 1.31. The van der Waals surface area contributed by atoms with Gasteiger partial charge in [0.1, 0.15) is 12.1 Å². The molecule has 242 valence electrons. The molecule has 0 aliphatic carbocycles. The van der Waals surface area contributed by atoms with E-state index in [1.54, 1.807) is 0 Å². The molecule has 0 bridgehead atoms. The first-order valence-corrected chi connectivity index (χ1v) is 15.1. The van der Waals surface area contributed by atoms with Crippen molar-refractivity contribution in [2.24, 2.45) is 17.3 Å². The number of halogens is 3. The van der Waals surface area contributed by atoms with E-state index in [4.69, 9.17) is 14.2 Å². The number of carboxylic acid groups (broad SMARTS) is 1. The Balaban J connectivity index is 1.89. The predicted molar refractivity (Wildman–Crippen MR) is 157 cm³/mol. The van der Waals surface area contributed by atoms with E-state index < -0.39 is 59.2 Å². The van der Waals surface area contributed by atoms with Crippen molar-refractivity contribution in [1.29, 1.82) is 0 Å². The number of amides is 1. The van der Waals surface area contributed by atoms with Gasteiger partial charge in [0.2, 0.25) is 5.88 Å². The highest BCUT2D eigenvalue weighted by Gasteiger charge is 2.59. The maximum atomic E-state index is 14.3. The second-order valence-electron chi connectivity index (χ2n) is 13.2. The number of carbonyl (C=O) groups excluding carboxylic acids is 1. The zero-order valence-electron chi connectivity index (χ0n) is 26.2. The smallest absolute Gasteiger partial charge is 0.417 e. The molecule has 0 unspecified atom stereocenters. The predicted octanol–water partition coefficient (Wildman–Crippen LogP) is 6.46. The van der Waals surface area contributed by atoms with E-state index >= 15 is 0 Å². The van der Waals surface area contributed by atoms with Crippen LogP contribution in [0.5, 0.6) is 5.88 Å². The molecule has 1 amide bonds. The fourth-order valence-corrected chi connectivity index (χ4v) is 6.59. The molecule has 1 N–H and O–H groups in total. The summed E-state index contributed by atoms with van der Waals surface area (Å²) < 4.78 is 58.5. The molecule has 2 fully saturated rings. The lowest BCUT2D eigenvalue weighted by Crippen LogP contribution is -2.51. The minimum absolute atomic E-state index is 0.0293. The van der Waals surface area contributed by atoms with Gasteiger partial charge in [-0.15, -0.1) is 0 Å². The minimum Gasteiger partial charge on any atom is -0.481 e. The van der Waals surface area contributed by atoms with Crippen LogP contribution in [0.15, 0.2) is 36.5 Å². The van der Waals surface area contributed by atoms with E-state index in [2.05, 4.69) is 18.8 Å². The third-order valence-electron chi connectivity index (χ3n) is 8.45. The van der Waals surface area contributed by atoms with E-state index in [0.29, 0.717) is 25.6 Å². The van der Waals surface area contributed by atoms with Crippen LogP contribution in [0.4, 0.5) is 13.2 Å². The molecule has 2 saturated heterocycles. The number of hydrogen-bond donors (Lipinski definition) is 1. The molecule has 3 heterocycles. The molecule has 0 saturated carbocycles. The van der Waals surface area contributed by atoms with Gasteiger partial charge in [0.15, 0.2) is 0 Å². The molecule has 1 aromatic heterocycles. The van der Waals surface area contributed by atoms with Crippen molar-refractivity contribution in [2.75, 3.05) is 13.7 Å². The Morgan fingerprint density at radius 2 is 1.84 bits per heavy atom. The van der Waals surface area contributed by atoms with Crippen molar-refractivity contribution < 1.29 is 42.1 Å². The largest absolute Gasteiger partial charge is 0.481 e. The second kappa shape index (κ2) is 13.4. The maximum absolute atomic E-state index is 14.3. The molecule has 44 heavy (non-hydrogen) atoms. The third kappa shape index (κ3) is 7.20. The molecule has 2 aromatic rings. The van der Waals surface area contributed by atoms with E-state index in [-0.39, 0.29) is 24.0 Å². The van der Waals surface area contributed by atoms with Crippen molar-refractivity contribution in [1.82, 2.24) is 9.88 Å². The Morgan fingerprint density at radius 1 is 1.14 bits per heavy atom. The maximum Gasteiger partial charge on any atom is 0.417 e. The molecule has 0 spiro atoms. The van der Waals surface area contributed by atoms with Gasteiger partial charge < -0.3 is 24.2 Å². The van der Waals surface area contributed by atoms with Crippen LogP contribution in [0.25, 0.3) is 0 Å². The van der Waals surface area contributed by atoms with Crippen molar-refractivity contribution in [3.8, 4) is 5.88 Å². The summed E-state index contributed by atoms with van der Waals surface area (Å²) >= 11 is 0. The lowest BCUT2D eigenvalue weighted by atomic mass is 9.73. The Morgan fingerprint density at radius 3 is 2.41 bits per heavy atom. The van der Waals surface area contributed by atoms with Gasteiger partial charge in [-0.2, -0.15) is 13.2 Å². The van der Waals surface area contributed by atoms with Gasteiger partial charge in [-0.25, -0.2) is 9.78 Å². The minimum atomic E-state index is -4.63. The number of aromatic nitrogens is 1. The number of methoxy groups -OCH3 is 1. The van der Waals surface area contributed by atoms with Gasteiger partial charge in [-0.1, -0.05) is 58.9 Å². The van der Waals surface area contributed by atoms with E-state index in [1.807, 2.05) is 45.0 Å². The topological polar surface area (TPSA) is 98.2 Å². The van der Waals surface area contributed by atoms with E-state index in [0.717, 1.165) is 30.0 Å². The van der Waals surface area contributed by atoms with Gasteiger partial charge in [0, 0.05) is 24.3 Å². The zero-order chi connectivity index (χ0) is 32.4. The monoisotopic (exact) mass is 620 g/mol. The average Bonchev–Trinajstić information content (AvgIpc) is 3.31. The standard InChI is InChI=1S/C33H43F3N2O6/c1-19(2)15-20-11-7-8-12-23(20)26-28(44-18-21-16-22(33(34,35)36)17-37-29(21)42-6)25(32(3,4)5)27(31(40)41)38(26)30(39)24-13-9-10-14-43-24/h7-8,11-12,16-17,19,24-28H,9-10,13-15,18H2,1-6H3,(H,40,41)/t24-,25+,26-,27-,28-/m0/s1. The number of nitrogens with zero attached hydrogens (tertiary/aromatic N) is 2. The quantitative estimate of drug-likeness (QED) is 0.344. The van der Waals surface area contributed by atoms with Crippen molar-refractivity contribution in [3.05, 3.63) is 58.8 Å². The fourth-order valence-electron chi connectivity index (χ4n) is 6.59. The summed E-state index contributed by atoms with van der Waals surface area (Å²) in [4.78, 5) is 32.7. The summed E-state index contributed by atoms with van der Waals surface area (Å²) in [6, 6.07) is 6.42. The van der Waals surface area contributed by atoms with Crippen LogP contribution in [0.1, 0.15) is 82.2 Å². The molecule has 11 heteroatoms. The van der Waals surface area contributed by atoms with Gasteiger partial charge in [0.25, 0.3) is 5.91 Å². The number of pyridine rings is 1. The Kier molecular flexibility index (Phi) is 10.3. The van der Waals surface area contributed by atoms with Crippen LogP contribution in [0, 0.1) is 17.3 Å². The van der Waals surface area contributed by atoms with Gasteiger partial charge in [-0.3, -0.25) is 4.79 Å². The van der Waals surface area contributed by atoms with Crippen molar-refractivity contribution in [2.45, 2.75) is 97.4 Å². The first-order chi connectivity index (χ1) is 20.6. The van der Waals surface area contributed by atoms with Gasteiger partial charge >= 0.3 is 12.1 Å². The number of likely N-dealkylation sites (tertiary alicyclic amines) is 1. The Bertz CT molecular complexity index is 1320. The SMILES string of the molecule is COc1ncc(C(F)(F)F)cc1CO[C@H]1[C@H](C(C)(C)C)[C@@H](C(=O)O)N(C(=O)[C@@H]2CCCCO2)[C@H]1c1ccccc1CC(C)C. The van der Waals surface area contributed by atoms with Gasteiger partial charge in [0.05, 0.1) is 31.4 Å². The van der Waals surface area contributed by atoms with Crippen molar-refractivity contribution in [3.63, 3.8) is 0 Å². The third-order valence-corrected chi connectivity index (χ3v) is 8.45. The summed E-state index contributed by atoms with van der Waals surface area (Å²) in [6.45, 7) is 9.87. The van der Waals surface area contributed by atoms with E-state index in [1.165, 1.54) is 12.0 Å². The zero-order valence-corrected chi connectivity index (χ0v) is 26.2. The van der Waals surface area contributed by atoms with Crippen molar-refractivity contribution >= 4 is 11.9 Å². The van der Waals surface area contributed by atoms with Crippen LogP contribution in [-0.2, 0) is 38.3 Å². The molecule has 5 atom stereocenters. The number of alkyl halides is 3. The number of carbonyl (C=O) groups is 2. The number of rotatable bonds is 9. The average molecular weight is 621 g/mol. The molecule has 8 nitrogen and oxygen atoms in total. The van der Waals surface area contributed by atoms with Crippen LogP contribution < -0.4 is 4.74 Å². The van der Waals surface area contributed by atoms with E-state index in [9.17, 15) is 27.9 Å². The number of aliphatic carboxylic acids is 1. The number of ether oxygens (including phenoxy) is 3. The normalized spacial score (nSPS) is 24.5. The number of hydrogen-bond acceptors (Lipinski definition) is 6. The lowest BCUT2D eigenvalue weighted by Gasteiger charge is -2.35. The highest BCUT2D eigenvalue weighted by Crippen LogP contribution is 2.51. The van der Waals surface area contributed by atoms with Gasteiger partial charge in [-0.05, 0) is 54.2 Å². The summed E-state index contributed by atoms with van der Waals surface area (Å²) in [5.41, 5.74) is 0.126. The number of benzene rings is 1. The molecular formula is C33H43F3N2O6. The molecule has 2 aliphatic rings. The van der Waals surface area contributed by atoms with Crippen LogP contribution in [0.2, 0.25) is 0 Å². The molecule has 1 aromatic carbocycles.